The van der Waals surface area contributed by atoms with Crippen molar-refractivity contribution in [3.05, 3.63) is 53.6 Å². The van der Waals surface area contributed by atoms with Crippen molar-refractivity contribution in [3.8, 4) is 0 Å². The van der Waals surface area contributed by atoms with Crippen LogP contribution >= 0.6 is 0 Å². The number of benzene rings is 1. The van der Waals surface area contributed by atoms with E-state index < -0.39 is 0 Å². The minimum Gasteiger partial charge on any atom is -0.371 e. The van der Waals surface area contributed by atoms with Gasteiger partial charge in [0.25, 0.3) is 0 Å². The Morgan fingerprint density at radius 3 is 3.16 bits per heavy atom. The highest BCUT2D eigenvalue weighted by Crippen LogP contribution is 2.28. The summed E-state index contributed by atoms with van der Waals surface area (Å²) in [7, 11) is 0. The maximum absolute atomic E-state index is 5.93. The van der Waals surface area contributed by atoms with Crippen LogP contribution in [0, 0.1) is 0 Å². The number of fused-ring (bicyclic) bond motifs is 1. The van der Waals surface area contributed by atoms with Crippen molar-refractivity contribution in [1.82, 2.24) is 9.55 Å². The zero-order valence-corrected chi connectivity index (χ0v) is 11.0. The summed E-state index contributed by atoms with van der Waals surface area (Å²) >= 11 is 0. The maximum Gasteiger partial charge on any atom is 0.109 e. The molecule has 2 N–H and O–H groups in total. The SMILES string of the molecule is NCCc1nccn1CC1OCCc2ccccc21. The fourth-order valence-corrected chi connectivity index (χ4v) is 2.67. The van der Waals surface area contributed by atoms with Crippen molar-refractivity contribution >= 4 is 0 Å². The van der Waals surface area contributed by atoms with Crippen molar-refractivity contribution < 1.29 is 4.74 Å². The minimum atomic E-state index is 0.121. The molecule has 1 aliphatic heterocycles. The number of ether oxygens (including phenoxy) is 1. The van der Waals surface area contributed by atoms with E-state index in [4.69, 9.17) is 10.5 Å². The van der Waals surface area contributed by atoms with Gasteiger partial charge in [-0.15, -0.1) is 0 Å². The lowest BCUT2D eigenvalue weighted by atomic mass is 9.97. The lowest BCUT2D eigenvalue weighted by molar-refractivity contribution is 0.0301. The average Bonchev–Trinajstić information content (AvgIpc) is 2.87. The molecule has 1 unspecified atom stereocenters. The van der Waals surface area contributed by atoms with Crippen LogP contribution < -0.4 is 5.73 Å². The summed E-state index contributed by atoms with van der Waals surface area (Å²) in [5.41, 5.74) is 8.32. The number of nitrogens with zero attached hydrogens (tertiary/aromatic N) is 2. The van der Waals surface area contributed by atoms with Crippen LogP contribution in [0.1, 0.15) is 23.1 Å². The van der Waals surface area contributed by atoms with Gasteiger partial charge < -0.3 is 15.0 Å². The van der Waals surface area contributed by atoms with E-state index in [2.05, 4.69) is 33.8 Å². The van der Waals surface area contributed by atoms with Gasteiger partial charge >= 0.3 is 0 Å². The second kappa shape index (κ2) is 5.55. The first kappa shape index (κ1) is 12.4. The second-order valence-electron chi connectivity index (χ2n) is 4.84. The third-order valence-corrected chi connectivity index (χ3v) is 3.62. The first-order valence-electron chi connectivity index (χ1n) is 6.78. The van der Waals surface area contributed by atoms with E-state index in [-0.39, 0.29) is 6.10 Å². The van der Waals surface area contributed by atoms with Crippen LogP contribution in [0.2, 0.25) is 0 Å². The first-order chi connectivity index (χ1) is 9.38. The molecule has 4 heteroatoms. The van der Waals surface area contributed by atoms with Crippen LogP contribution in [0.4, 0.5) is 0 Å². The molecule has 1 aromatic carbocycles. The van der Waals surface area contributed by atoms with Gasteiger partial charge in [0.2, 0.25) is 0 Å². The molecule has 0 saturated carbocycles. The molecule has 1 aromatic heterocycles. The van der Waals surface area contributed by atoms with E-state index in [0.29, 0.717) is 6.54 Å². The Balaban J connectivity index is 1.82. The van der Waals surface area contributed by atoms with E-state index >= 15 is 0 Å². The number of hydrogen-bond acceptors (Lipinski definition) is 3. The fraction of sp³-hybridized carbons (Fsp3) is 0.400. The number of hydrogen-bond donors (Lipinski definition) is 1. The topological polar surface area (TPSA) is 53.1 Å². The van der Waals surface area contributed by atoms with Crippen LogP contribution in [0.3, 0.4) is 0 Å². The van der Waals surface area contributed by atoms with Gasteiger partial charge in [0.1, 0.15) is 11.9 Å². The highest BCUT2D eigenvalue weighted by molar-refractivity contribution is 5.30. The van der Waals surface area contributed by atoms with Crippen LogP contribution in [0.15, 0.2) is 36.7 Å². The third-order valence-electron chi connectivity index (χ3n) is 3.62. The standard InChI is InChI=1S/C15H19N3O/c16-7-5-15-17-8-9-18(15)11-14-13-4-2-1-3-12(13)6-10-19-14/h1-4,8-9,14H,5-7,10-11,16H2. The van der Waals surface area contributed by atoms with Gasteiger partial charge in [-0.05, 0) is 24.1 Å². The van der Waals surface area contributed by atoms with Gasteiger partial charge in [-0.25, -0.2) is 4.98 Å². The van der Waals surface area contributed by atoms with Crippen molar-refractivity contribution in [1.29, 1.82) is 0 Å². The smallest absolute Gasteiger partial charge is 0.109 e. The molecule has 0 spiro atoms. The van der Waals surface area contributed by atoms with Gasteiger partial charge in [-0.2, -0.15) is 0 Å². The molecule has 1 aliphatic rings. The molecular formula is C15H19N3O. The van der Waals surface area contributed by atoms with Crippen molar-refractivity contribution in [2.24, 2.45) is 5.73 Å². The summed E-state index contributed by atoms with van der Waals surface area (Å²) in [5, 5.41) is 0. The Morgan fingerprint density at radius 2 is 2.26 bits per heavy atom. The molecule has 3 rings (SSSR count). The molecule has 4 nitrogen and oxygen atoms in total. The van der Waals surface area contributed by atoms with E-state index in [1.54, 1.807) is 0 Å². The van der Waals surface area contributed by atoms with Gasteiger partial charge in [0.15, 0.2) is 0 Å². The molecule has 0 amide bonds. The summed E-state index contributed by atoms with van der Waals surface area (Å²) in [6, 6.07) is 8.53. The molecule has 0 radical (unpaired) electrons. The summed E-state index contributed by atoms with van der Waals surface area (Å²) in [5.74, 6) is 1.04. The van der Waals surface area contributed by atoms with E-state index in [1.807, 2.05) is 12.4 Å². The zero-order chi connectivity index (χ0) is 13.1. The second-order valence-corrected chi connectivity index (χ2v) is 4.84. The molecule has 0 fully saturated rings. The molecule has 2 aromatic rings. The molecule has 0 saturated heterocycles. The van der Waals surface area contributed by atoms with E-state index in [1.165, 1.54) is 11.1 Å². The lowest BCUT2D eigenvalue weighted by Gasteiger charge is -2.26. The molecule has 0 aliphatic carbocycles. The number of imidazole rings is 1. The summed E-state index contributed by atoms with van der Waals surface area (Å²) < 4.78 is 8.08. The number of rotatable bonds is 4. The Kier molecular flexibility index (Phi) is 3.62. The highest BCUT2D eigenvalue weighted by Gasteiger charge is 2.21. The Morgan fingerprint density at radius 1 is 1.37 bits per heavy atom. The monoisotopic (exact) mass is 257 g/mol. The summed E-state index contributed by atoms with van der Waals surface area (Å²) in [4.78, 5) is 4.35. The van der Waals surface area contributed by atoms with Gasteiger partial charge in [0, 0.05) is 18.8 Å². The quantitative estimate of drug-likeness (QED) is 0.907. The average molecular weight is 257 g/mol. The Bertz CT molecular complexity index is 550. The van der Waals surface area contributed by atoms with Gasteiger partial charge in [0.05, 0.1) is 13.2 Å². The predicted octanol–water partition coefficient (Wildman–Crippen LogP) is 1.70. The van der Waals surface area contributed by atoms with Crippen molar-refractivity contribution in [2.45, 2.75) is 25.5 Å². The molecule has 1 atom stereocenters. The Hall–Kier alpha value is -1.65. The molecule has 19 heavy (non-hydrogen) atoms. The summed E-state index contributed by atoms with van der Waals surface area (Å²) in [6.45, 7) is 2.23. The maximum atomic E-state index is 5.93. The van der Waals surface area contributed by atoms with Gasteiger partial charge in [-0.3, -0.25) is 0 Å². The fourth-order valence-electron chi connectivity index (χ4n) is 2.67. The normalized spacial score (nSPS) is 18.3. The number of nitrogens with two attached hydrogens (primary N) is 1. The minimum absolute atomic E-state index is 0.121. The third kappa shape index (κ3) is 2.55. The first-order valence-corrected chi connectivity index (χ1v) is 6.78. The molecule has 0 bridgehead atoms. The van der Waals surface area contributed by atoms with Crippen LogP contribution in [-0.4, -0.2) is 22.7 Å². The van der Waals surface area contributed by atoms with E-state index in [9.17, 15) is 0 Å². The molecule has 2 heterocycles. The van der Waals surface area contributed by atoms with Crippen LogP contribution in [-0.2, 0) is 24.1 Å². The Labute approximate surface area is 113 Å². The molecule has 100 valence electrons. The van der Waals surface area contributed by atoms with Crippen molar-refractivity contribution in [3.63, 3.8) is 0 Å². The van der Waals surface area contributed by atoms with E-state index in [0.717, 1.165) is 31.8 Å². The van der Waals surface area contributed by atoms with Crippen molar-refractivity contribution in [2.75, 3.05) is 13.2 Å². The number of aromatic nitrogens is 2. The van der Waals surface area contributed by atoms with Crippen LogP contribution in [0.5, 0.6) is 0 Å². The molecular weight excluding hydrogens is 238 g/mol. The lowest BCUT2D eigenvalue weighted by Crippen LogP contribution is -2.21. The highest BCUT2D eigenvalue weighted by atomic mass is 16.5. The van der Waals surface area contributed by atoms with Gasteiger partial charge in [-0.1, -0.05) is 24.3 Å². The zero-order valence-electron chi connectivity index (χ0n) is 11.0. The largest absolute Gasteiger partial charge is 0.371 e. The summed E-state index contributed by atoms with van der Waals surface area (Å²) in [6.07, 6.45) is 5.77. The van der Waals surface area contributed by atoms with Crippen LogP contribution in [0.25, 0.3) is 0 Å². The predicted molar refractivity (Wildman–Crippen MR) is 73.8 cm³/mol.